The second-order valence-electron chi connectivity index (χ2n) is 8.14. The number of rotatable bonds is 8. The van der Waals surface area contributed by atoms with Gasteiger partial charge in [0.25, 0.3) is 0 Å². The summed E-state index contributed by atoms with van der Waals surface area (Å²) in [4.78, 5) is 15.7. The lowest BCUT2D eigenvalue weighted by atomic mass is 9.96. The summed E-state index contributed by atoms with van der Waals surface area (Å²) in [6, 6.07) is 35.7. The lowest BCUT2D eigenvalue weighted by molar-refractivity contribution is 0.193. The van der Waals surface area contributed by atoms with Crippen molar-refractivity contribution in [3.05, 3.63) is 131 Å². The number of methoxy groups -OCH3 is 1. The first kappa shape index (κ1) is 23.1. The van der Waals surface area contributed by atoms with Gasteiger partial charge in [0.15, 0.2) is 0 Å². The van der Waals surface area contributed by atoms with Crippen molar-refractivity contribution in [1.82, 2.24) is 4.90 Å². The van der Waals surface area contributed by atoms with Gasteiger partial charge in [0.1, 0.15) is 5.75 Å². The molecule has 4 rings (SSSR count). The zero-order valence-corrected chi connectivity index (χ0v) is 19.6. The number of urea groups is 1. The number of para-hydroxylation sites is 1. The number of amides is 2. The van der Waals surface area contributed by atoms with Gasteiger partial charge in [-0.05, 0) is 41.3 Å². The van der Waals surface area contributed by atoms with E-state index in [9.17, 15) is 4.79 Å². The van der Waals surface area contributed by atoms with Crippen molar-refractivity contribution in [2.24, 2.45) is 0 Å². The molecule has 2 amide bonds. The number of hydrogen-bond donors (Lipinski definition) is 1. The van der Waals surface area contributed by atoms with E-state index in [1.807, 2.05) is 89.8 Å². The Labute approximate surface area is 201 Å². The highest BCUT2D eigenvalue weighted by Gasteiger charge is 2.28. The van der Waals surface area contributed by atoms with Crippen LogP contribution in [0.5, 0.6) is 5.75 Å². The second-order valence-corrected chi connectivity index (χ2v) is 8.14. The van der Waals surface area contributed by atoms with Crippen molar-refractivity contribution in [2.45, 2.75) is 25.9 Å². The lowest BCUT2D eigenvalue weighted by Crippen LogP contribution is -2.38. The number of nitrogens with zero attached hydrogens (tertiary/aromatic N) is 1. The number of anilines is 1. The molecular weight excluding hydrogens is 420 g/mol. The van der Waals surface area contributed by atoms with Crippen molar-refractivity contribution < 1.29 is 9.53 Å². The fourth-order valence-electron chi connectivity index (χ4n) is 4.14. The number of benzene rings is 4. The molecule has 4 heteroatoms. The molecule has 0 aromatic heterocycles. The number of nitrogens with one attached hydrogen (secondary N) is 1. The van der Waals surface area contributed by atoms with E-state index in [-0.39, 0.29) is 12.1 Å². The highest BCUT2D eigenvalue weighted by molar-refractivity contribution is 5.90. The van der Waals surface area contributed by atoms with Crippen LogP contribution in [-0.2, 0) is 13.0 Å². The van der Waals surface area contributed by atoms with Gasteiger partial charge in [-0.25, -0.2) is 4.79 Å². The molecule has 0 atom stereocenters. The zero-order valence-electron chi connectivity index (χ0n) is 19.6. The molecular formula is C30H30N2O2. The number of hydrogen-bond acceptors (Lipinski definition) is 2. The predicted molar refractivity (Wildman–Crippen MR) is 138 cm³/mol. The Kier molecular flexibility index (Phi) is 7.61. The van der Waals surface area contributed by atoms with Gasteiger partial charge in [0.05, 0.1) is 19.7 Å². The third-order valence-corrected chi connectivity index (χ3v) is 5.95. The van der Waals surface area contributed by atoms with Crippen LogP contribution >= 0.6 is 0 Å². The summed E-state index contributed by atoms with van der Waals surface area (Å²) < 4.78 is 5.60. The first-order chi connectivity index (χ1) is 16.7. The molecule has 0 heterocycles. The number of carbonyl (C=O) groups excluding carboxylic acids is 1. The van der Waals surface area contributed by atoms with Crippen molar-refractivity contribution in [1.29, 1.82) is 0 Å². The Morgan fingerprint density at radius 1 is 0.794 bits per heavy atom. The molecule has 0 bridgehead atoms. The molecule has 4 aromatic rings. The van der Waals surface area contributed by atoms with Crippen molar-refractivity contribution in [3.8, 4) is 5.75 Å². The zero-order chi connectivity index (χ0) is 23.8. The van der Waals surface area contributed by atoms with E-state index in [0.717, 1.165) is 34.5 Å². The van der Waals surface area contributed by atoms with Crippen LogP contribution in [0.1, 0.15) is 35.2 Å². The van der Waals surface area contributed by atoms with E-state index in [4.69, 9.17) is 4.74 Å². The number of ether oxygens (including phenoxy) is 1. The van der Waals surface area contributed by atoms with Crippen LogP contribution in [0.4, 0.5) is 10.5 Å². The summed E-state index contributed by atoms with van der Waals surface area (Å²) in [5, 5.41) is 3.12. The first-order valence-corrected chi connectivity index (χ1v) is 11.6. The molecule has 0 spiro atoms. The summed E-state index contributed by atoms with van der Waals surface area (Å²) in [5.74, 6) is 0.757. The summed E-state index contributed by atoms with van der Waals surface area (Å²) in [7, 11) is 1.66. The van der Waals surface area contributed by atoms with Crippen molar-refractivity contribution in [2.75, 3.05) is 12.4 Å². The molecule has 0 fully saturated rings. The Bertz CT molecular complexity index is 1150. The standard InChI is InChI=1S/C30H30N2O2/c1-3-23-18-20-27(21-19-23)31-30(33)32(22-26-16-10-11-17-28(26)34-2)29(24-12-6-4-7-13-24)25-14-8-5-9-15-25/h4-21,29H,3,22H2,1-2H3,(H,31,33). The third kappa shape index (κ3) is 5.46. The van der Waals surface area contributed by atoms with E-state index >= 15 is 0 Å². The maximum absolute atomic E-state index is 13.8. The van der Waals surface area contributed by atoms with E-state index in [1.165, 1.54) is 5.56 Å². The maximum atomic E-state index is 13.8. The Morgan fingerprint density at radius 2 is 1.35 bits per heavy atom. The quantitative estimate of drug-likeness (QED) is 0.312. The van der Waals surface area contributed by atoms with Crippen LogP contribution in [-0.4, -0.2) is 18.0 Å². The molecule has 4 aromatic carbocycles. The van der Waals surface area contributed by atoms with Crippen LogP contribution in [0.25, 0.3) is 0 Å². The topological polar surface area (TPSA) is 41.6 Å². The molecule has 0 aliphatic heterocycles. The minimum atomic E-state index is -0.276. The van der Waals surface area contributed by atoms with E-state index in [1.54, 1.807) is 7.11 Å². The molecule has 34 heavy (non-hydrogen) atoms. The van der Waals surface area contributed by atoms with E-state index < -0.39 is 0 Å². The van der Waals surface area contributed by atoms with Crippen molar-refractivity contribution >= 4 is 11.7 Å². The first-order valence-electron chi connectivity index (χ1n) is 11.6. The highest BCUT2D eigenvalue weighted by atomic mass is 16.5. The third-order valence-electron chi connectivity index (χ3n) is 5.95. The molecule has 4 nitrogen and oxygen atoms in total. The minimum Gasteiger partial charge on any atom is -0.496 e. The predicted octanol–water partition coefficient (Wildman–Crippen LogP) is 7.08. The molecule has 0 radical (unpaired) electrons. The average molecular weight is 451 g/mol. The van der Waals surface area contributed by atoms with Gasteiger partial charge in [-0.1, -0.05) is 97.9 Å². The fraction of sp³-hybridized carbons (Fsp3) is 0.167. The molecule has 0 saturated heterocycles. The van der Waals surface area contributed by atoms with Crippen molar-refractivity contribution in [3.63, 3.8) is 0 Å². The Balaban J connectivity index is 1.76. The van der Waals surface area contributed by atoms with Crippen LogP contribution < -0.4 is 10.1 Å². The summed E-state index contributed by atoms with van der Waals surface area (Å²) in [5.41, 5.74) is 5.03. The normalized spacial score (nSPS) is 10.7. The van der Waals surface area contributed by atoms with Gasteiger partial charge in [-0.3, -0.25) is 0 Å². The van der Waals surface area contributed by atoms with Crippen LogP contribution in [0.2, 0.25) is 0 Å². The molecule has 1 N–H and O–H groups in total. The lowest BCUT2D eigenvalue weighted by Gasteiger charge is -2.33. The molecule has 172 valence electrons. The van der Waals surface area contributed by atoms with Crippen LogP contribution in [0.3, 0.4) is 0 Å². The van der Waals surface area contributed by atoms with Gasteiger partial charge in [-0.2, -0.15) is 0 Å². The van der Waals surface area contributed by atoms with E-state index in [0.29, 0.717) is 6.54 Å². The monoisotopic (exact) mass is 450 g/mol. The SMILES string of the molecule is CCc1ccc(NC(=O)N(Cc2ccccc2OC)C(c2ccccc2)c2ccccc2)cc1. The highest BCUT2D eigenvalue weighted by Crippen LogP contribution is 2.32. The summed E-state index contributed by atoms with van der Waals surface area (Å²) >= 11 is 0. The molecule has 0 saturated carbocycles. The molecule has 0 aliphatic rings. The summed E-state index contributed by atoms with van der Waals surface area (Å²) in [6.45, 7) is 2.50. The largest absolute Gasteiger partial charge is 0.496 e. The van der Waals surface area contributed by atoms with Crippen LogP contribution in [0.15, 0.2) is 109 Å². The van der Waals surface area contributed by atoms with Crippen LogP contribution in [0, 0.1) is 0 Å². The summed E-state index contributed by atoms with van der Waals surface area (Å²) in [6.07, 6.45) is 0.957. The Morgan fingerprint density at radius 3 is 1.91 bits per heavy atom. The van der Waals surface area contributed by atoms with Gasteiger partial charge in [-0.15, -0.1) is 0 Å². The maximum Gasteiger partial charge on any atom is 0.322 e. The Hall–Kier alpha value is -4.05. The van der Waals surface area contributed by atoms with E-state index in [2.05, 4.69) is 36.5 Å². The number of carbonyl (C=O) groups is 1. The van der Waals surface area contributed by atoms with Gasteiger partial charge >= 0.3 is 6.03 Å². The van der Waals surface area contributed by atoms with Gasteiger partial charge in [0, 0.05) is 11.3 Å². The molecule has 0 aliphatic carbocycles. The van der Waals surface area contributed by atoms with Gasteiger partial charge < -0.3 is 15.0 Å². The average Bonchev–Trinajstić information content (AvgIpc) is 2.90. The van der Waals surface area contributed by atoms with Gasteiger partial charge in [0.2, 0.25) is 0 Å². The second kappa shape index (κ2) is 11.2. The smallest absolute Gasteiger partial charge is 0.322 e. The fourth-order valence-corrected chi connectivity index (χ4v) is 4.14. The molecule has 0 unspecified atom stereocenters. The number of aryl methyl sites for hydroxylation is 1. The minimum absolute atomic E-state index is 0.173.